The van der Waals surface area contributed by atoms with Gasteiger partial charge in [-0.1, -0.05) is 62.4 Å². The van der Waals surface area contributed by atoms with E-state index < -0.39 is 29.5 Å². The molecule has 0 aromatic heterocycles. The first kappa shape index (κ1) is 32.5. The van der Waals surface area contributed by atoms with E-state index in [-0.39, 0.29) is 29.4 Å². The van der Waals surface area contributed by atoms with Gasteiger partial charge in [0.1, 0.15) is 11.9 Å². The van der Waals surface area contributed by atoms with Gasteiger partial charge >= 0.3 is 6.36 Å². The zero-order valence-electron chi connectivity index (χ0n) is 27.1. The molecule has 5 atom stereocenters. The Morgan fingerprint density at radius 1 is 1.12 bits per heavy atom. The highest BCUT2D eigenvalue weighted by atomic mass is 19.4. The van der Waals surface area contributed by atoms with Gasteiger partial charge in [-0.2, -0.15) is 0 Å². The number of halogens is 3. The summed E-state index contributed by atoms with van der Waals surface area (Å²) in [4.78, 5) is 18.2. The van der Waals surface area contributed by atoms with Gasteiger partial charge in [0, 0.05) is 30.8 Å². The molecule has 3 aromatic rings. The molecule has 2 aliphatic heterocycles. The maximum atomic E-state index is 14.0. The van der Waals surface area contributed by atoms with Gasteiger partial charge in [-0.3, -0.25) is 9.69 Å². The molecular weight excluding hydrogens is 621 g/mol. The molecule has 1 saturated heterocycles. The van der Waals surface area contributed by atoms with Gasteiger partial charge < -0.3 is 24.6 Å². The number of aliphatic hydroxyl groups is 1. The van der Waals surface area contributed by atoms with Crippen molar-refractivity contribution in [2.24, 2.45) is 5.92 Å². The van der Waals surface area contributed by atoms with Gasteiger partial charge in [0.2, 0.25) is 5.91 Å². The second kappa shape index (κ2) is 12.1. The number of phenols is 1. The average Bonchev–Trinajstić information content (AvgIpc) is 3.39. The number of likely N-dealkylation sites (tertiary alicyclic amines) is 1. The van der Waals surface area contributed by atoms with Gasteiger partial charge in [-0.25, -0.2) is 0 Å². The minimum atomic E-state index is -4.82. The Balaban J connectivity index is 1.21. The summed E-state index contributed by atoms with van der Waals surface area (Å²) in [5, 5.41) is 24.0. The summed E-state index contributed by atoms with van der Waals surface area (Å²) >= 11 is 0. The van der Waals surface area contributed by atoms with E-state index in [9.17, 15) is 28.2 Å². The molecule has 254 valence electrons. The number of carbonyl (C=O) groups is 1. The molecule has 1 saturated carbocycles. The molecule has 3 aromatic carbocycles. The summed E-state index contributed by atoms with van der Waals surface area (Å²) in [6.07, 6.45) is 0.550. The van der Waals surface area contributed by atoms with Crippen molar-refractivity contribution in [2.45, 2.75) is 81.5 Å². The Kier molecular flexibility index (Phi) is 8.23. The Morgan fingerprint density at radius 3 is 2.67 bits per heavy atom. The van der Waals surface area contributed by atoms with Gasteiger partial charge in [0.05, 0.1) is 17.1 Å². The van der Waals surface area contributed by atoms with Gasteiger partial charge in [0.15, 0.2) is 11.5 Å². The van der Waals surface area contributed by atoms with Gasteiger partial charge in [0.25, 0.3) is 0 Å². The van der Waals surface area contributed by atoms with Crippen LogP contribution in [-0.2, 0) is 23.1 Å². The lowest BCUT2D eigenvalue weighted by molar-refractivity contribution is -0.274. The van der Waals surface area contributed by atoms with Crippen molar-refractivity contribution in [3.05, 3.63) is 95.1 Å². The molecular formula is C38H41F3N2O5. The minimum Gasteiger partial charge on any atom is -0.504 e. The van der Waals surface area contributed by atoms with Crippen LogP contribution in [0.3, 0.4) is 0 Å². The summed E-state index contributed by atoms with van der Waals surface area (Å²) in [6.45, 7) is 6.02. The second-order valence-electron chi connectivity index (χ2n) is 14.1. The molecule has 10 heteroatoms. The number of hydrogen-bond donors (Lipinski definition) is 2. The van der Waals surface area contributed by atoms with Crippen molar-refractivity contribution in [2.75, 3.05) is 19.6 Å². The van der Waals surface area contributed by atoms with Crippen LogP contribution < -0.4 is 9.47 Å². The minimum absolute atomic E-state index is 0.0335. The third-order valence-electron chi connectivity index (χ3n) is 10.8. The topological polar surface area (TPSA) is 82.5 Å². The predicted molar refractivity (Wildman–Crippen MR) is 175 cm³/mol. The summed E-state index contributed by atoms with van der Waals surface area (Å²) in [7, 11) is 0. The monoisotopic (exact) mass is 662 g/mol. The summed E-state index contributed by atoms with van der Waals surface area (Å²) in [5.41, 5.74) is 1.64. The number of ether oxygens (including phenoxy) is 2. The first-order valence-electron chi connectivity index (χ1n) is 16.8. The molecule has 7 nitrogen and oxygen atoms in total. The van der Waals surface area contributed by atoms with Crippen molar-refractivity contribution < 1.29 is 37.7 Å². The summed E-state index contributed by atoms with van der Waals surface area (Å²) in [5.74, 6) is -0.110. The average molecular weight is 663 g/mol. The van der Waals surface area contributed by atoms with Crippen LogP contribution in [0.15, 0.2) is 72.8 Å². The number of benzene rings is 3. The van der Waals surface area contributed by atoms with Crippen LogP contribution in [0.25, 0.3) is 6.08 Å². The number of carbonyl (C=O) groups excluding carboxylic acids is 1. The second-order valence-corrected chi connectivity index (χ2v) is 14.1. The SMILES string of the molecule is CC(C)CN(C(=O)/C=C/c1cccc(OC(F)(F)F)c1)C1CC[C@@]2(O)[C@H]3Cc4ccc(O)c5c4[C@@]2(CCN3CCc2ccccc2)C1O5. The Labute approximate surface area is 278 Å². The quantitative estimate of drug-likeness (QED) is 0.264. The summed E-state index contributed by atoms with van der Waals surface area (Å²) < 4.78 is 49.2. The number of alkyl halides is 3. The number of amides is 1. The lowest BCUT2D eigenvalue weighted by Crippen LogP contribution is -2.78. The highest BCUT2D eigenvalue weighted by Crippen LogP contribution is 2.66. The van der Waals surface area contributed by atoms with Crippen LogP contribution in [0.1, 0.15) is 55.4 Å². The molecule has 2 heterocycles. The third kappa shape index (κ3) is 5.52. The number of nitrogens with zero attached hydrogens (tertiary/aromatic N) is 2. The first-order valence-corrected chi connectivity index (χ1v) is 16.8. The zero-order valence-corrected chi connectivity index (χ0v) is 27.1. The van der Waals surface area contributed by atoms with Gasteiger partial charge in [-0.15, -0.1) is 13.2 Å². The van der Waals surface area contributed by atoms with E-state index >= 15 is 0 Å². The van der Waals surface area contributed by atoms with Crippen molar-refractivity contribution >= 4 is 12.0 Å². The van der Waals surface area contributed by atoms with E-state index in [0.29, 0.717) is 43.5 Å². The molecule has 48 heavy (non-hydrogen) atoms. The van der Waals surface area contributed by atoms with E-state index in [4.69, 9.17) is 4.74 Å². The van der Waals surface area contributed by atoms with Crippen molar-refractivity contribution in [3.8, 4) is 17.2 Å². The number of hydrogen-bond acceptors (Lipinski definition) is 6. The first-order chi connectivity index (χ1) is 22.9. The molecule has 4 aliphatic rings. The van der Waals surface area contributed by atoms with Crippen molar-refractivity contribution in [3.63, 3.8) is 0 Å². The highest BCUT2D eigenvalue weighted by Gasteiger charge is 2.73. The number of phenolic OH excluding ortho intramolecular Hbond substituents is 1. The van der Waals surface area contributed by atoms with Crippen LogP contribution in [0.5, 0.6) is 17.2 Å². The van der Waals surface area contributed by atoms with Crippen molar-refractivity contribution in [1.29, 1.82) is 0 Å². The largest absolute Gasteiger partial charge is 0.573 e. The fraction of sp³-hybridized carbons (Fsp3) is 0.447. The molecule has 2 bridgehead atoms. The normalized spacial score (nSPS) is 27.5. The van der Waals surface area contributed by atoms with Gasteiger partial charge in [-0.05, 0) is 85.5 Å². The van der Waals surface area contributed by atoms with Crippen LogP contribution >= 0.6 is 0 Å². The fourth-order valence-electron chi connectivity index (χ4n) is 8.97. The smallest absolute Gasteiger partial charge is 0.504 e. The molecule has 2 aliphatic carbocycles. The molecule has 1 amide bonds. The van der Waals surface area contributed by atoms with E-state index in [2.05, 4.69) is 21.8 Å². The van der Waals surface area contributed by atoms with Crippen LogP contribution in [0, 0.1) is 5.92 Å². The fourth-order valence-corrected chi connectivity index (χ4v) is 8.97. The highest BCUT2D eigenvalue weighted by molar-refractivity contribution is 5.92. The maximum absolute atomic E-state index is 14.0. The Hall–Kier alpha value is -4.02. The lowest BCUT2D eigenvalue weighted by Gasteiger charge is -2.65. The van der Waals surface area contributed by atoms with Crippen molar-refractivity contribution in [1.82, 2.24) is 9.80 Å². The molecule has 2 fully saturated rings. The molecule has 1 spiro atoms. The maximum Gasteiger partial charge on any atom is 0.573 e. The molecule has 7 rings (SSSR count). The zero-order chi connectivity index (χ0) is 33.8. The predicted octanol–water partition coefficient (Wildman–Crippen LogP) is 6.25. The van der Waals surface area contributed by atoms with E-state index in [0.717, 1.165) is 30.6 Å². The van der Waals surface area contributed by atoms with E-state index in [1.165, 1.54) is 35.9 Å². The van der Waals surface area contributed by atoms with Crippen LogP contribution in [0.2, 0.25) is 0 Å². The molecule has 0 radical (unpaired) electrons. The number of aromatic hydroxyl groups is 1. The van der Waals surface area contributed by atoms with E-state index in [1.807, 2.05) is 38.1 Å². The number of piperidine rings is 1. The van der Waals surface area contributed by atoms with Crippen LogP contribution in [-0.4, -0.2) is 75.7 Å². The third-order valence-corrected chi connectivity index (χ3v) is 10.8. The van der Waals surface area contributed by atoms with Crippen LogP contribution in [0.4, 0.5) is 13.2 Å². The Bertz CT molecular complexity index is 1710. The Morgan fingerprint density at radius 2 is 1.92 bits per heavy atom. The standard InChI is InChI=1S/C38H41F3N2O5/c1-24(2)23-43(32(45)14-11-26-9-6-10-28(21-26)48-38(39,40)41)29-15-17-37(46)31-22-27-12-13-30(44)34-33(27)36(37,35(29)47-34)18-20-42(31)19-16-25-7-4-3-5-8-25/h3-14,21,24,29,31,35,44,46H,15-20,22-23H2,1-2H3/b14-11+/t29?,31-,35?,36+,37-/m1/s1. The molecule has 2 N–H and O–H groups in total. The molecule has 2 unspecified atom stereocenters. The number of rotatable bonds is 9. The summed E-state index contributed by atoms with van der Waals surface area (Å²) in [6, 6.07) is 18.9. The van der Waals surface area contributed by atoms with E-state index in [1.54, 1.807) is 17.0 Å². The lowest BCUT2D eigenvalue weighted by atomic mass is 9.48.